The van der Waals surface area contributed by atoms with Crippen molar-refractivity contribution in [3.05, 3.63) is 23.8 Å². The third-order valence-electron chi connectivity index (χ3n) is 2.85. The zero-order valence-electron chi connectivity index (χ0n) is 9.39. The van der Waals surface area contributed by atoms with E-state index in [2.05, 4.69) is 5.92 Å². The Morgan fingerprint density at radius 2 is 2.29 bits per heavy atom. The van der Waals surface area contributed by atoms with Crippen LogP contribution in [0.1, 0.15) is 12.0 Å². The molecule has 1 aliphatic rings. The highest BCUT2D eigenvalue weighted by molar-refractivity contribution is 5.96. The van der Waals surface area contributed by atoms with Crippen LogP contribution in [0.3, 0.4) is 0 Å². The number of anilines is 2. The summed E-state index contributed by atoms with van der Waals surface area (Å²) >= 11 is 0. The monoisotopic (exact) mass is 230 g/mol. The number of amides is 1. The minimum atomic E-state index is -0.0986. The molecule has 88 valence electrons. The maximum absolute atomic E-state index is 11.8. The van der Waals surface area contributed by atoms with Crippen molar-refractivity contribution in [2.24, 2.45) is 5.92 Å². The van der Waals surface area contributed by atoms with Crippen LogP contribution in [0.15, 0.2) is 18.2 Å². The molecule has 4 heteroatoms. The van der Waals surface area contributed by atoms with Gasteiger partial charge >= 0.3 is 0 Å². The van der Waals surface area contributed by atoms with E-state index in [1.165, 1.54) is 0 Å². The number of hydrogen-bond donors (Lipinski definition) is 2. The topological polar surface area (TPSA) is 66.6 Å². The normalized spacial score (nSPS) is 19.4. The summed E-state index contributed by atoms with van der Waals surface area (Å²) in [6.45, 7) is 0.419. The molecule has 0 aromatic heterocycles. The Bertz CT molecular complexity index is 491. The number of aliphatic hydroxyl groups excluding tert-OH is 1. The third kappa shape index (κ3) is 2.24. The molecule has 0 saturated carbocycles. The van der Waals surface area contributed by atoms with Crippen molar-refractivity contribution in [3.8, 4) is 12.3 Å². The molecule has 3 N–H and O–H groups in total. The SMILES string of the molecule is C#CC1CC(=O)N(c2cc(N)cc(CO)c2)C1. The first-order valence-electron chi connectivity index (χ1n) is 5.41. The van der Waals surface area contributed by atoms with Gasteiger partial charge in [0.15, 0.2) is 0 Å². The van der Waals surface area contributed by atoms with Gasteiger partial charge in [-0.05, 0) is 23.8 Å². The predicted octanol–water partition coefficient (Wildman–Crippen LogP) is 0.747. The van der Waals surface area contributed by atoms with Crippen LogP contribution in [0.25, 0.3) is 0 Å². The lowest BCUT2D eigenvalue weighted by atomic mass is 10.1. The van der Waals surface area contributed by atoms with E-state index in [0.717, 1.165) is 0 Å². The molecule has 1 atom stereocenters. The molecule has 17 heavy (non-hydrogen) atoms. The predicted molar refractivity (Wildman–Crippen MR) is 66.1 cm³/mol. The Morgan fingerprint density at radius 1 is 1.53 bits per heavy atom. The van der Waals surface area contributed by atoms with Crippen LogP contribution in [0, 0.1) is 18.3 Å². The standard InChI is InChI=1S/C13H14N2O2/c1-2-9-5-13(17)15(7-9)12-4-10(8-16)3-11(14)6-12/h1,3-4,6,9,16H,5,7-8,14H2. The Balaban J connectivity index is 2.32. The average molecular weight is 230 g/mol. The first kappa shape index (κ1) is 11.5. The maximum Gasteiger partial charge on any atom is 0.228 e. The van der Waals surface area contributed by atoms with E-state index in [1.54, 1.807) is 23.1 Å². The minimum Gasteiger partial charge on any atom is -0.399 e. The summed E-state index contributed by atoms with van der Waals surface area (Å²) in [4.78, 5) is 13.4. The second-order valence-electron chi connectivity index (χ2n) is 4.16. The highest BCUT2D eigenvalue weighted by Crippen LogP contribution is 2.27. The van der Waals surface area contributed by atoms with E-state index >= 15 is 0 Å². The van der Waals surface area contributed by atoms with Crippen molar-refractivity contribution in [2.75, 3.05) is 17.2 Å². The maximum atomic E-state index is 11.8. The second-order valence-corrected chi connectivity index (χ2v) is 4.16. The Labute approximate surface area is 100 Å². The van der Waals surface area contributed by atoms with Gasteiger partial charge < -0.3 is 15.7 Å². The fourth-order valence-electron chi connectivity index (χ4n) is 2.02. The van der Waals surface area contributed by atoms with Gasteiger partial charge in [0.1, 0.15) is 0 Å². The van der Waals surface area contributed by atoms with Crippen LogP contribution in [0.4, 0.5) is 11.4 Å². The first-order valence-corrected chi connectivity index (χ1v) is 5.41. The molecule has 1 saturated heterocycles. The average Bonchev–Trinajstić information content (AvgIpc) is 2.69. The molecule has 1 fully saturated rings. The lowest BCUT2D eigenvalue weighted by Crippen LogP contribution is -2.24. The van der Waals surface area contributed by atoms with E-state index < -0.39 is 0 Å². The van der Waals surface area contributed by atoms with Gasteiger partial charge in [-0.3, -0.25) is 4.79 Å². The molecule has 0 bridgehead atoms. The molecule has 1 aliphatic heterocycles. The van der Waals surface area contributed by atoms with Crippen molar-refractivity contribution in [1.82, 2.24) is 0 Å². The van der Waals surface area contributed by atoms with E-state index in [0.29, 0.717) is 29.9 Å². The van der Waals surface area contributed by atoms with E-state index in [4.69, 9.17) is 17.3 Å². The summed E-state index contributed by atoms with van der Waals surface area (Å²) < 4.78 is 0. The van der Waals surface area contributed by atoms with Crippen molar-refractivity contribution in [2.45, 2.75) is 13.0 Å². The molecule has 1 amide bonds. The van der Waals surface area contributed by atoms with Crippen molar-refractivity contribution in [3.63, 3.8) is 0 Å². The Morgan fingerprint density at radius 3 is 2.88 bits per heavy atom. The third-order valence-corrected chi connectivity index (χ3v) is 2.85. The smallest absolute Gasteiger partial charge is 0.228 e. The van der Waals surface area contributed by atoms with Crippen molar-refractivity contribution in [1.29, 1.82) is 0 Å². The minimum absolute atomic E-state index is 0.00226. The van der Waals surface area contributed by atoms with Gasteiger partial charge in [-0.15, -0.1) is 12.3 Å². The molecule has 0 spiro atoms. The Hall–Kier alpha value is -1.99. The number of nitrogens with zero attached hydrogens (tertiary/aromatic N) is 1. The summed E-state index contributed by atoms with van der Waals surface area (Å²) in [5.41, 5.74) is 7.65. The molecular weight excluding hydrogens is 216 g/mol. The fraction of sp³-hybridized carbons (Fsp3) is 0.308. The number of nitrogens with two attached hydrogens (primary N) is 1. The summed E-state index contributed by atoms with van der Waals surface area (Å²) in [5.74, 6) is 2.56. The molecule has 1 aromatic rings. The van der Waals surface area contributed by atoms with Crippen LogP contribution in [0.5, 0.6) is 0 Å². The largest absolute Gasteiger partial charge is 0.399 e. The van der Waals surface area contributed by atoms with Gasteiger partial charge in [-0.1, -0.05) is 0 Å². The second kappa shape index (κ2) is 4.48. The lowest BCUT2D eigenvalue weighted by Gasteiger charge is -2.17. The summed E-state index contributed by atoms with van der Waals surface area (Å²) in [6.07, 6.45) is 5.70. The van der Waals surface area contributed by atoms with E-state index in [1.807, 2.05) is 0 Å². The number of carbonyl (C=O) groups is 1. The number of benzene rings is 1. The number of rotatable bonds is 2. The van der Waals surface area contributed by atoms with Crippen LogP contribution < -0.4 is 10.6 Å². The summed E-state index contributed by atoms with van der Waals surface area (Å²) in [7, 11) is 0. The molecule has 1 unspecified atom stereocenters. The van der Waals surface area contributed by atoms with Gasteiger partial charge in [0, 0.05) is 30.3 Å². The lowest BCUT2D eigenvalue weighted by molar-refractivity contribution is -0.117. The van der Waals surface area contributed by atoms with Gasteiger partial charge in [0.25, 0.3) is 0 Å². The van der Waals surface area contributed by atoms with Crippen LogP contribution in [-0.4, -0.2) is 17.6 Å². The van der Waals surface area contributed by atoms with Gasteiger partial charge in [0.05, 0.1) is 6.61 Å². The highest BCUT2D eigenvalue weighted by Gasteiger charge is 2.29. The quantitative estimate of drug-likeness (QED) is 0.582. The van der Waals surface area contributed by atoms with Crippen LogP contribution >= 0.6 is 0 Å². The van der Waals surface area contributed by atoms with Gasteiger partial charge in [-0.2, -0.15) is 0 Å². The molecule has 0 radical (unpaired) electrons. The van der Waals surface area contributed by atoms with E-state index in [9.17, 15) is 4.79 Å². The summed E-state index contributed by atoms with van der Waals surface area (Å²) in [5, 5.41) is 9.10. The summed E-state index contributed by atoms with van der Waals surface area (Å²) in [6, 6.07) is 5.16. The van der Waals surface area contributed by atoms with Crippen LogP contribution in [-0.2, 0) is 11.4 Å². The molecule has 0 aliphatic carbocycles. The van der Waals surface area contributed by atoms with E-state index in [-0.39, 0.29) is 18.4 Å². The Kier molecular flexibility index (Phi) is 3.03. The number of carbonyl (C=O) groups excluding carboxylic acids is 1. The van der Waals surface area contributed by atoms with Crippen molar-refractivity contribution >= 4 is 17.3 Å². The first-order chi connectivity index (χ1) is 8.13. The van der Waals surface area contributed by atoms with Crippen molar-refractivity contribution < 1.29 is 9.90 Å². The van der Waals surface area contributed by atoms with Gasteiger partial charge in [-0.25, -0.2) is 0 Å². The molecule has 4 nitrogen and oxygen atoms in total. The number of aliphatic hydroxyl groups is 1. The van der Waals surface area contributed by atoms with Gasteiger partial charge in [0.2, 0.25) is 5.91 Å². The zero-order chi connectivity index (χ0) is 12.4. The fourth-order valence-corrected chi connectivity index (χ4v) is 2.02. The number of hydrogen-bond acceptors (Lipinski definition) is 3. The zero-order valence-corrected chi connectivity index (χ0v) is 9.39. The molecule has 2 rings (SSSR count). The molecule has 1 aromatic carbocycles. The highest BCUT2D eigenvalue weighted by atomic mass is 16.3. The molecule has 1 heterocycles. The number of nitrogen functional groups attached to an aromatic ring is 1. The molecular formula is C13H14N2O2. The van der Waals surface area contributed by atoms with Crippen LogP contribution in [0.2, 0.25) is 0 Å². The number of terminal acetylenes is 1.